The smallest absolute Gasteiger partial charge is 0.271 e. The lowest BCUT2D eigenvalue weighted by molar-refractivity contribution is 0.0746. The monoisotopic (exact) mass is 462 g/mol. The zero-order valence-corrected chi connectivity index (χ0v) is 18.3. The molecule has 0 aliphatic carbocycles. The standard InChI is InChI=1S/C20H19ClN4O3S2/c21-16-6-7-18(22-14-16)24-8-10-25(11-9-24)20(26)15-3-1-4-17(13-15)23-30(27,28)19-5-2-12-29-19/h1-7,12-14,23H,8-11H2. The van der Waals surface area contributed by atoms with Gasteiger partial charge in [-0.15, -0.1) is 11.3 Å². The summed E-state index contributed by atoms with van der Waals surface area (Å²) >= 11 is 7.03. The summed E-state index contributed by atoms with van der Waals surface area (Å²) in [6.07, 6.45) is 1.61. The number of rotatable bonds is 5. The van der Waals surface area contributed by atoms with Gasteiger partial charge in [0.05, 0.1) is 5.02 Å². The fraction of sp³-hybridized carbons (Fsp3) is 0.200. The molecular weight excluding hydrogens is 444 g/mol. The number of aromatic nitrogens is 1. The van der Waals surface area contributed by atoms with Crippen molar-refractivity contribution in [3.8, 4) is 0 Å². The van der Waals surface area contributed by atoms with Crippen LogP contribution in [-0.2, 0) is 10.0 Å². The molecule has 1 aromatic carbocycles. The van der Waals surface area contributed by atoms with Crippen LogP contribution in [0, 0.1) is 0 Å². The molecule has 0 radical (unpaired) electrons. The summed E-state index contributed by atoms with van der Waals surface area (Å²) in [6.45, 7) is 2.42. The second kappa shape index (κ2) is 8.63. The molecule has 3 heterocycles. The third kappa shape index (κ3) is 4.58. The number of halogens is 1. The number of sulfonamides is 1. The minimum atomic E-state index is -3.66. The van der Waals surface area contributed by atoms with Crippen molar-refractivity contribution >= 4 is 50.4 Å². The highest BCUT2D eigenvalue weighted by Crippen LogP contribution is 2.22. The molecule has 1 aliphatic heterocycles. The van der Waals surface area contributed by atoms with Crippen LogP contribution in [0.5, 0.6) is 0 Å². The van der Waals surface area contributed by atoms with Crippen LogP contribution in [0.15, 0.2) is 64.3 Å². The number of carbonyl (C=O) groups excluding carboxylic acids is 1. The summed E-state index contributed by atoms with van der Waals surface area (Å²) < 4.78 is 27.6. The first-order valence-electron chi connectivity index (χ1n) is 9.24. The first kappa shape index (κ1) is 20.6. The Balaban J connectivity index is 1.42. The zero-order chi connectivity index (χ0) is 21.1. The van der Waals surface area contributed by atoms with Crippen LogP contribution in [0.1, 0.15) is 10.4 Å². The SMILES string of the molecule is O=C(c1cccc(NS(=O)(=O)c2cccs2)c1)N1CCN(c2ccc(Cl)cn2)CC1. The number of benzene rings is 1. The van der Waals surface area contributed by atoms with Gasteiger partial charge in [0.1, 0.15) is 10.0 Å². The van der Waals surface area contributed by atoms with Crippen molar-refractivity contribution in [2.75, 3.05) is 35.8 Å². The normalized spacial score (nSPS) is 14.6. The van der Waals surface area contributed by atoms with Crippen molar-refractivity contribution in [3.05, 3.63) is 70.7 Å². The number of nitrogens with zero attached hydrogens (tertiary/aromatic N) is 3. The maximum Gasteiger partial charge on any atom is 0.271 e. The fourth-order valence-corrected chi connectivity index (χ4v) is 5.37. The molecule has 0 atom stereocenters. The van der Waals surface area contributed by atoms with E-state index in [0.29, 0.717) is 42.5 Å². The van der Waals surface area contributed by atoms with Crippen molar-refractivity contribution < 1.29 is 13.2 Å². The van der Waals surface area contributed by atoms with Crippen LogP contribution in [0.25, 0.3) is 0 Å². The Morgan fingerprint density at radius 2 is 1.87 bits per heavy atom. The second-order valence-electron chi connectivity index (χ2n) is 6.73. The van der Waals surface area contributed by atoms with Crippen LogP contribution in [-0.4, -0.2) is 50.4 Å². The molecule has 2 aromatic heterocycles. The average Bonchev–Trinajstić information content (AvgIpc) is 3.30. The van der Waals surface area contributed by atoms with E-state index in [1.54, 1.807) is 52.9 Å². The number of thiophene rings is 1. The summed E-state index contributed by atoms with van der Waals surface area (Å²) in [5.74, 6) is 0.701. The minimum absolute atomic E-state index is 0.129. The third-order valence-corrected chi connectivity index (χ3v) is 7.73. The number of piperazine rings is 1. The molecule has 0 spiro atoms. The van der Waals surface area contributed by atoms with Crippen molar-refractivity contribution in [2.45, 2.75) is 4.21 Å². The predicted octanol–water partition coefficient (Wildman–Crippen LogP) is 3.56. The van der Waals surface area contributed by atoms with E-state index in [-0.39, 0.29) is 10.1 Å². The summed E-state index contributed by atoms with van der Waals surface area (Å²) in [6, 6.07) is 13.4. The number of hydrogen-bond acceptors (Lipinski definition) is 6. The molecule has 10 heteroatoms. The van der Waals surface area contributed by atoms with E-state index in [1.807, 2.05) is 6.07 Å². The van der Waals surface area contributed by atoms with Gasteiger partial charge in [-0.2, -0.15) is 0 Å². The minimum Gasteiger partial charge on any atom is -0.353 e. The number of hydrogen-bond donors (Lipinski definition) is 1. The average molecular weight is 463 g/mol. The molecule has 1 amide bonds. The van der Waals surface area contributed by atoms with E-state index >= 15 is 0 Å². The molecule has 4 rings (SSSR count). The maximum atomic E-state index is 12.9. The molecule has 0 saturated carbocycles. The summed E-state index contributed by atoms with van der Waals surface area (Å²) in [5, 5.41) is 2.29. The first-order chi connectivity index (χ1) is 14.4. The third-order valence-electron chi connectivity index (χ3n) is 4.72. The lowest BCUT2D eigenvalue weighted by Gasteiger charge is -2.35. The Hall–Kier alpha value is -2.62. The van der Waals surface area contributed by atoms with Gasteiger partial charge in [0.2, 0.25) is 0 Å². The van der Waals surface area contributed by atoms with E-state index in [9.17, 15) is 13.2 Å². The highest BCUT2D eigenvalue weighted by Gasteiger charge is 2.23. The van der Waals surface area contributed by atoms with E-state index < -0.39 is 10.0 Å². The van der Waals surface area contributed by atoms with Gasteiger partial charge in [0, 0.05) is 43.6 Å². The number of pyridine rings is 1. The van der Waals surface area contributed by atoms with E-state index in [0.717, 1.165) is 17.2 Å². The molecule has 30 heavy (non-hydrogen) atoms. The summed E-state index contributed by atoms with van der Waals surface area (Å²) in [4.78, 5) is 21.1. The van der Waals surface area contributed by atoms with Crippen LogP contribution < -0.4 is 9.62 Å². The molecule has 1 fully saturated rings. The number of carbonyl (C=O) groups is 1. The molecule has 1 saturated heterocycles. The van der Waals surface area contributed by atoms with Crippen LogP contribution >= 0.6 is 22.9 Å². The molecule has 1 N–H and O–H groups in total. The molecule has 0 unspecified atom stereocenters. The van der Waals surface area contributed by atoms with Crippen molar-refractivity contribution in [1.82, 2.24) is 9.88 Å². The van der Waals surface area contributed by atoms with Gasteiger partial charge >= 0.3 is 0 Å². The Labute approximate surface area is 184 Å². The van der Waals surface area contributed by atoms with Gasteiger partial charge < -0.3 is 9.80 Å². The van der Waals surface area contributed by atoms with Crippen molar-refractivity contribution in [3.63, 3.8) is 0 Å². The van der Waals surface area contributed by atoms with Gasteiger partial charge in [-0.1, -0.05) is 23.7 Å². The second-order valence-corrected chi connectivity index (χ2v) is 10.0. The fourth-order valence-electron chi connectivity index (χ4n) is 3.21. The Kier molecular flexibility index (Phi) is 5.94. The highest BCUT2D eigenvalue weighted by atomic mass is 35.5. The number of anilines is 2. The van der Waals surface area contributed by atoms with E-state index in [1.165, 1.54) is 6.07 Å². The molecule has 7 nitrogen and oxygen atoms in total. The summed E-state index contributed by atoms with van der Waals surface area (Å²) in [5.41, 5.74) is 0.803. The number of nitrogens with one attached hydrogen (secondary N) is 1. The quantitative estimate of drug-likeness (QED) is 0.626. The Morgan fingerprint density at radius 1 is 1.07 bits per heavy atom. The lowest BCUT2D eigenvalue weighted by atomic mass is 10.1. The molecule has 1 aliphatic rings. The molecule has 0 bridgehead atoms. The Bertz CT molecular complexity index is 1130. The van der Waals surface area contributed by atoms with Gasteiger partial charge in [-0.05, 0) is 41.8 Å². The zero-order valence-electron chi connectivity index (χ0n) is 15.9. The molecule has 3 aromatic rings. The van der Waals surface area contributed by atoms with Crippen LogP contribution in [0.3, 0.4) is 0 Å². The largest absolute Gasteiger partial charge is 0.353 e. The topological polar surface area (TPSA) is 82.6 Å². The first-order valence-corrected chi connectivity index (χ1v) is 12.0. The van der Waals surface area contributed by atoms with Gasteiger partial charge in [-0.3, -0.25) is 9.52 Å². The molecule has 156 valence electrons. The van der Waals surface area contributed by atoms with Crippen molar-refractivity contribution in [2.24, 2.45) is 0 Å². The number of amides is 1. The molecular formula is C20H19ClN4O3S2. The predicted molar refractivity (Wildman–Crippen MR) is 119 cm³/mol. The van der Waals surface area contributed by atoms with Crippen LogP contribution in [0.4, 0.5) is 11.5 Å². The van der Waals surface area contributed by atoms with Gasteiger partial charge in [0.25, 0.3) is 15.9 Å². The summed E-state index contributed by atoms with van der Waals surface area (Å²) in [7, 11) is -3.66. The lowest BCUT2D eigenvalue weighted by Crippen LogP contribution is -2.49. The van der Waals surface area contributed by atoms with Crippen LogP contribution in [0.2, 0.25) is 5.02 Å². The highest BCUT2D eigenvalue weighted by molar-refractivity contribution is 7.94. The maximum absolute atomic E-state index is 12.9. The Morgan fingerprint density at radius 3 is 2.53 bits per heavy atom. The van der Waals surface area contributed by atoms with Gasteiger partial charge in [-0.25, -0.2) is 13.4 Å². The van der Waals surface area contributed by atoms with E-state index in [4.69, 9.17) is 11.6 Å². The van der Waals surface area contributed by atoms with E-state index in [2.05, 4.69) is 14.6 Å². The van der Waals surface area contributed by atoms with Crippen molar-refractivity contribution in [1.29, 1.82) is 0 Å². The van der Waals surface area contributed by atoms with Gasteiger partial charge in [0.15, 0.2) is 0 Å².